The first-order valence-electron chi connectivity index (χ1n) is 7.51. The third kappa shape index (κ3) is 5.76. The van der Waals surface area contributed by atoms with Gasteiger partial charge in [0.2, 0.25) is 5.91 Å². The zero-order valence-electron chi connectivity index (χ0n) is 14.5. The molecule has 3 N–H and O–H groups in total. The summed E-state index contributed by atoms with van der Waals surface area (Å²) >= 11 is 0. The second kappa shape index (κ2) is 9.64. The summed E-state index contributed by atoms with van der Waals surface area (Å²) in [6, 6.07) is 10.7. The maximum atomic E-state index is 12.2. The van der Waals surface area contributed by atoms with Crippen LogP contribution in [0.15, 0.2) is 36.4 Å². The van der Waals surface area contributed by atoms with Gasteiger partial charge in [-0.05, 0) is 36.2 Å². The number of rotatable bonds is 7. The molecule has 7 heteroatoms. The Labute approximate surface area is 153 Å². The first-order chi connectivity index (χ1) is 11.5. The van der Waals surface area contributed by atoms with E-state index in [0.29, 0.717) is 41.5 Å². The van der Waals surface area contributed by atoms with Crippen LogP contribution in [0.25, 0.3) is 0 Å². The van der Waals surface area contributed by atoms with Crippen molar-refractivity contribution in [2.45, 2.75) is 12.8 Å². The van der Waals surface area contributed by atoms with Crippen LogP contribution in [0, 0.1) is 0 Å². The van der Waals surface area contributed by atoms with Crippen LogP contribution < -0.4 is 25.3 Å². The summed E-state index contributed by atoms with van der Waals surface area (Å²) in [6.07, 6.45) is 0.871. The summed E-state index contributed by atoms with van der Waals surface area (Å²) in [5.41, 5.74) is 7.87. The maximum Gasteiger partial charge on any atom is 0.224 e. The number of hydrogen-bond donors (Lipinski definition) is 2. The number of carbonyl (C=O) groups excluding carboxylic acids is 1. The molecule has 1 amide bonds. The van der Waals surface area contributed by atoms with Gasteiger partial charge >= 0.3 is 0 Å². The number of nitrogen functional groups attached to an aromatic ring is 1. The van der Waals surface area contributed by atoms with E-state index in [0.717, 1.165) is 5.56 Å². The number of nitrogens with one attached hydrogen (secondary N) is 1. The molecule has 0 heterocycles. The van der Waals surface area contributed by atoms with Gasteiger partial charge in [0.1, 0.15) is 17.2 Å². The second-order valence-corrected chi connectivity index (χ2v) is 5.22. The molecule has 0 radical (unpaired) electrons. The molecule has 136 valence electrons. The quantitative estimate of drug-likeness (QED) is 0.735. The zero-order chi connectivity index (χ0) is 17.5. The highest BCUT2D eigenvalue weighted by molar-refractivity contribution is 5.94. The Kier molecular flexibility index (Phi) is 7.88. The molecule has 0 aliphatic rings. The second-order valence-electron chi connectivity index (χ2n) is 5.22. The summed E-state index contributed by atoms with van der Waals surface area (Å²) in [5.74, 6) is 1.90. The highest BCUT2D eigenvalue weighted by atomic mass is 35.5. The monoisotopic (exact) mass is 366 g/mol. The van der Waals surface area contributed by atoms with Crippen molar-refractivity contribution in [3.05, 3.63) is 42.0 Å². The van der Waals surface area contributed by atoms with Gasteiger partial charge in [0.15, 0.2) is 0 Å². The van der Waals surface area contributed by atoms with Crippen LogP contribution in [0.3, 0.4) is 0 Å². The van der Waals surface area contributed by atoms with Crippen molar-refractivity contribution in [3.63, 3.8) is 0 Å². The van der Waals surface area contributed by atoms with Gasteiger partial charge in [-0.25, -0.2) is 0 Å². The van der Waals surface area contributed by atoms with Gasteiger partial charge in [0.25, 0.3) is 0 Å². The van der Waals surface area contributed by atoms with Crippen molar-refractivity contribution in [1.29, 1.82) is 0 Å². The molecular weight excluding hydrogens is 344 g/mol. The van der Waals surface area contributed by atoms with E-state index in [4.69, 9.17) is 19.9 Å². The van der Waals surface area contributed by atoms with Crippen LogP contribution in [-0.2, 0) is 11.2 Å². The molecular formula is C18H23ClN2O4. The maximum absolute atomic E-state index is 12.2. The van der Waals surface area contributed by atoms with Crippen LogP contribution in [0.2, 0.25) is 0 Å². The Bertz CT molecular complexity index is 700. The Morgan fingerprint density at radius 2 is 1.56 bits per heavy atom. The minimum absolute atomic E-state index is 0. The molecule has 0 saturated carbocycles. The van der Waals surface area contributed by atoms with Crippen molar-refractivity contribution < 1.29 is 19.0 Å². The van der Waals surface area contributed by atoms with E-state index in [1.54, 1.807) is 45.6 Å². The molecule has 0 bridgehead atoms. The fraction of sp³-hybridized carbons (Fsp3) is 0.278. The van der Waals surface area contributed by atoms with E-state index in [9.17, 15) is 4.79 Å². The summed E-state index contributed by atoms with van der Waals surface area (Å²) in [6.45, 7) is 0. The molecule has 0 atom stereocenters. The van der Waals surface area contributed by atoms with Crippen molar-refractivity contribution in [1.82, 2.24) is 0 Å². The van der Waals surface area contributed by atoms with Crippen LogP contribution in [-0.4, -0.2) is 27.2 Å². The van der Waals surface area contributed by atoms with E-state index in [1.807, 2.05) is 12.1 Å². The lowest BCUT2D eigenvalue weighted by atomic mass is 10.1. The largest absolute Gasteiger partial charge is 0.497 e. The number of amides is 1. The van der Waals surface area contributed by atoms with Gasteiger partial charge in [-0.1, -0.05) is 0 Å². The number of anilines is 2. The van der Waals surface area contributed by atoms with Gasteiger partial charge in [0.05, 0.1) is 32.7 Å². The molecule has 25 heavy (non-hydrogen) atoms. The molecule has 2 aromatic carbocycles. The van der Waals surface area contributed by atoms with Crippen LogP contribution in [0.1, 0.15) is 12.0 Å². The van der Waals surface area contributed by atoms with Crippen LogP contribution in [0.4, 0.5) is 11.4 Å². The number of ether oxygens (including phenoxy) is 3. The number of aryl methyl sites for hydroxylation is 1. The van der Waals surface area contributed by atoms with Crippen molar-refractivity contribution in [2.24, 2.45) is 0 Å². The lowest BCUT2D eigenvalue weighted by Crippen LogP contribution is -2.13. The van der Waals surface area contributed by atoms with Gasteiger partial charge in [0, 0.05) is 18.6 Å². The van der Waals surface area contributed by atoms with Gasteiger partial charge < -0.3 is 25.3 Å². The summed E-state index contributed by atoms with van der Waals surface area (Å²) < 4.78 is 15.6. The lowest BCUT2D eigenvalue weighted by molar-refractivity contribution is -0.116. The van der Waals surface area contributed by atoms with Crippen molar-refractivity contribution in [2.75, 3.05) is 32.4 Å². The topological polar surface area (TPSA) is 82.8 Å². The fourth-order valence-electron chi connectivity index (χ4n) is 2.25. The van der Waals surface area contributed by atoms with E-state index < -0.39 is 0 Å². The molecule has 0 unspecified atom stereocenters. The Morgan fingerprint density at radius 3 is 2.12 bits per heavy atom. The van der Waals surface area contributed by atoms with E-state index in [1.165, 1.54) is 0 Å². The molecule has 0 saturated heterocycles. The smallest absolute Gasteiger partial charge is 0.224 e. The molecule has 0 fully saturated rings. The fourth-order valence-corrected chi connectivity index (χ4v) is 2.25. The minimum Gasteiger partial charge on any atom is -0.497 e. The number of methoxy groups -OCH3 is 3. The standard InChI is InChI=1S/C18H22N2O4.ClH/c1-22-13-5-6-16(19)17(11-13)20-18(21)7-4-12-8-14(23-2)10-15(9-12)24-3;/h5-6,8-11H,4,7,19H2,1-3H3,(H,20,21);1H. The Balaban J connectivity index is 0.00000312. The number of nitrogens with two attached hydrogens (primary N) is 1. The SMILES string of the molecule is COc1cc(CCC(=O)Nc2cc(OC)ccc2N)cc(OC)c1.Cl. The first kappa shape index (κ1) is 20.4. The zero-order valence-corrected chi connectivity index (χ0v) is 15.3. The predicted molar refractivity (Wildman–Crippen MR) is 101 cm³/mol. The van der Waals surface area contributed by atoms with Gasteiger partial charge in [-0.3, -0.25) is 4.79 Å². The molecule has 2 rings (SSSR count). The Morgan fingerprint density at radius 1 is 0.960 bits per heavy atom. The average Bonchev–Trinajstić information content (AvgIpc) is 2.61. The molecule has 0 spiro atoms. The van der Waals surface area contributed by atoms with Gasteiger partial charge in [-0.15, -0.1) is 12.4 Å². The van der Waals surface area contributed by atoms with Crippen LogP contribution in [0.5, 0.6) is 17.2 Å². The third-order valence-electron chi connectivity index (χ3n) is 3.59. The summed E-state index contributed by atoms with van der Waals surface area (Å²) in [7, 11) is 4.75. The van der Waals surface area contributed by atoms with Crippen molar-refractivity contribution >= 4 is 29.7 Å². The lowest BCUT2D eigenvalue weighted by Gasteiger charge is -2.11. The number of hydrogen-bond acceptors (Lipinski definition) is 5. The summed E-state index contributed by atoms with van der Waals surface area (Å²) in [5, 5.41) is 2.81. The predicted octanol–water partition coefficient (Wildman–Crippen LogP) is 3.29. The Hall–Kier alpha value is -2.60. The number of benzene rings is 2. The molecule has 0 aliphatic heterocycles. The molecule has 0 aromatic heterocycles. The highest BCUT2D eigenvalue weighted by Gasteiger charge is 2.09. The summed E-state index contributed by atoms with van der Waals surface area (Å²) in [4.78, 5) is 12.2. The normalized spacial score (nSPS) is 9.72. The number of halogens is 1. The van der Waals surface area contributed by atoms with Gasteiger partial charge in [-0.2, -0.15) is 0 Å². The van der Waals surface area contributed by atoms with E-state index in [-0.39, 0.29) is 18.3 Å². The highest BCUT2D eigenvalue weighted by Crippen LogP contribution is 2.25. The number of carbonyl (C=O) groups is 1. The molecule has 6 nitrogen and oxygen atoms in total. The van der Waals surface area contributed by atoms with Crippen LogP contribution >= 0.6 is 12.4 Å². The van der Waals surface area contributed by atoms with E-state index in [2.05, 4.69) is 5.32 Å². The molecule has 2 aromatic rings. The first-order valence-corrected chi connectivity index (χ1v) is 7.51. The van der Waals surface area contributed by atoms with E-state index >= 15 is 0 Å². The third-order valence-corrected chi connectivity index (χ3v) is 3.59. The average molecular weight is 367 g/mol. The molecule has 0 aliphatic carbocycles. The minimum atomic E-state index is -0.128. The van der Waals surface area contributed by atoms with Crippen molar-refractivity contribution in [3.8, 4) is 17.2 Å².